The van der Waals surface area contributed by atoms with Gasteiger partial charge in [0.1, 0.15) is 12.2 Å². The zero-order chi connectivity index (χ0) is 22.5. The average molecular weight is 493 g/mol. The van der Waals surface area contributed by atoms with Gasteiger partial charge in [0.2, 0.25) is 0 Å². The van der Waals surface area contributed by atoms with Gasteiger partial charge in [-0.05, 0) is 18.2 Å². The molecule has 0 aromatic heterocycles. The molecule has 12 heteroatoms. The molecule has 0 heterocycles. The number of hydrogen-bond donors (Lipinski definition) is 1. The Morgan fingerprint density at radius 3 is 2.43 bits per heavy atom. The van der Waals surface area contributed by atoms with Crippen molar-refractivity contribution in [2.24, 2.45) is 0 Å². The van der Waals surface area contributed by atoms with Crippen LogP contribution in [-0.2, 0) is 10.9 Å². The molecule has 0 spiro atoms. The molecule has 30 heavy (non-hydrogen) atoms. The smallest absolute Gasteiger partial charge is 0.417 e. The van der Waals surface area contributed by atoms with E-state index < -0.39 is 33.8 Å². The molecular formula is C18H16BrF3N2O6. The van der Waals surface area contributed by atoms with Gasteiger partial charge < -0.3 is 19.5 Å². The molecule has 0 bridgehead atoms. The van der Waals surface area contributed by atoms with Crippen molar-refractivity contribution >= 4 is 33.2 Å². The number of hydrogen-bond acceptors (Lipinski definition) is 6. The minimum Gasteiger partial charge on any atom is -0.493 e. The van der Waals surface area contributed by atoms with E-state index >= 15 is 0 Å². The van der Waals surface area contributed by atoms with E-state index in [0.29, 0.717) is 6.07 Å². The SMILES string of the molecule is COCCOc1cc([N+](=O)[O-])c(C(=O)Nc2ccc(Br)c(C(F)(F)F)c2)cc1OC. The monoisotopic (exact) mass is 492 g/mol. The van der Waals surface area contributed by atoms with Gasteiger partial charge in [0.15, 0.2) is 11.5 Å². The first-order valence-corrected chi connectivity index (χ1v) is 9.04. The number of nitrogens with one attached hydrogen (secondary N) is 1. The van der Waals surface area contributed by atoms with Crippen molar-refractivity contribution in [2.45, 2.75) is 6.18 Å². The van der Waals surface area contributed by atoms with E-state index in [1.54, 1.807) is 0 Å². The van der Waals surface area contributed by atoms with E-state index in [9.17, 15) is 28.1 Å². The highest BCUT2D eigenvalue weighted by atomic mass is 79.9. The number of carbonyl (C=O) groups excluding carboxylic acids is 1. The summed E-state index contributed by atoms with van der Waals surface area (Å²) in [4.78, 5) is 23.2. The predicted octanol–water partition coefficient (Wildman–Crippen LogP) is 4.66. The molecule has 2 aromatic rings. The van der Waals surface area contributed by atoms with E-state index in [2.05, 4.69) is 21.2 Å². The standard InChI is InChI=1S/C18H16BrF3N2O6/c1-28-5-6-30-16-9-14(24(26)27)11(8-15(16)29-2)17(25)23-10-3-4-13(19)12(7-10)18(20,21)22/h3-4,7-9H,5-6H2,1-2H3,(H,23,25). The molecule has 0 atom stereocenters. The zero-order valence-electron chi connectivity index (χ0n) is 15.7. The van der Waals surface area contributed by atoms with Crippen molar-refractivity contribution in [3.05, 3.63) is 56.0 Å². The first kappa shape index (κ1) is 23.4. The third-order valence-electron chi connectivity index (χ3n) is 3.80. The number of nitrogens with zero attached hydrogens (tertiary/aromatic N) is 1. The lowest BCUT2D eigenvalue weighted by atomic mass is 10.1. The summed E-state index contributed by atoms with van der Waals surface area (Å²) in [5, 5.41) is 13.7. The van der Waals surface area contributed by atoms with Gasteiger partial charge in [0.05, 0.1) is 30.3 Å². The predicted molar refractivity (Wildman–Crippen MR) is 104 cm³/mol. The van der Waals surface area contributed by atoms with Gasteiger partial charge in [-0.25, -0.2) is 0 Å². The number of methoxy groups -OCH3 is 2. The summed E-state index contributed by atoms with van der Waals surface area (Å²) >= 11 is 2.80. The summed E-state index contributed by atoms with van der Waals surface area (Å²) in [6.07, 6.45) is -4.66. The van der Waals surface area contributed by atoms with E-state index in [1.807, 2.05) is 0 Å². The van der Waals surface area contributed by atoms with Crippen LogP contribution in [0.4, 0.5) is 24.5 Å². The number of ether oxygens (including phenoxy) is 3. The second kappa shape index (κ2) is 9.76. The maximum atomic E-state index is 13.1. The second-order valence-electron chi connectivity index (χ2n) is 5.77. The normalized spacial score (nSPS) is 11.1. The number of nitro benzene ring substituents is 1. The molecule has 0 radical (unpaired) electrons. The topological polar surface area (TPSA) is 99.9 Å². The highest BCUT2D eigenvalue weighted by molar-refractivity contribution is 9.10. The molecule has 0 saturated heterocycles. The Balaban J connectivity index is 2.40. The molecule has 2 aromatic carbocycles. The molecule has 0 aliphatic heterocycles. The Hall–Kier alpha value is -2.86. The molecule has 162 valence electrons. The van der Waals surface area contributed by atoms with Gasteiger partial charge in [-0.15, -0.1) is 0 Å². The van der Waals surface area contributed by atoms with Crippen LogP contribution in [0, 0.1) is 10.1 Å². The van der Waals surface area contributed by atoms with Crippen LogP contribution in [-0.4, -0.2) is 38.3 Å². The Morgan fingerprint density at radius 2 is 1.87 bits per heavy atom. The summed E-state index contributed by atoms with van der Waals surface area (Å²) in [6, 6.07) is 5.14. The Bertz CT molecular complexity index is 952. The maximum absolute atomic E-state index is 13.1. The highest BCUT2D eigenvalue weighted by Gasteiger charge is 2.33. The van der Waals surface area contributed by atoms with E-state index in [-0.39, 0.29) is 34.9 Å². The highest BCUT2D eigenvalue weighted by Crippen LogP contribution is 2.37. The number of benzene rings is 2. The molecule has 1 amide bonds. The van der Waals surface area contributed by atoms with Gasteiger partial charge in [0, 0.05) is 23.3 Å². The fourth-order valence-corrected chi connectivity index (χ4v) is 2.88. The molecule has 0 aliphatic carbocycles. The summed E-state index contributed by atoms with van der Waals surface area (Å²) in [5.41, 5.74) is -2.21. The number of nitro groups is 1. The lowest BCUT2D eigenvalue weighted by Crippen LogP contribution is -2.16. The lowest BCUT2D eigenvalue weighted by Gasteiger charge is -2.14. The third-order valence-corrected chi connectivity index (χ3v) is 4.49. The number of amides is 1. The Kier molecular flexibility index (Phi) is 7.62. The molecule has 0 aliphatic rings. The Labute approximate surface area is 177 Å². The van der Waals surface area contributed by atoms with Gasteiger partial charge in [-0.1, -0.05) is 15.9 Å². The number of alkyl halides is 3. The van der Waals surface area contributed by atoms with Crippen LogP contribution in [0.2, 0.25) is 0 Å². The average Bonchev–Trinajstić information content (AvgIpc) is 2.68. The maximum Gasteiger partial charge on any atom is 0.417 e. The van der Waals surface area contributed by atoms with E-state index in [4.69, 9.17) is 14.2 Å². The van der Waals surface area contributed by atoms with Gasteiger partial charge >= 0.3 is 6.18 Å². The van der Waals surface area contributed by atoms with Crippen LogP contribution in [0.3, 0.4) is 0 Å². The van der Waals surface area contributed by atoms with Crippen molar-refractivity contribution in [3.8, 4) is 11.5 Å². The number of anilines is 1. The number of rotatable bonds is 8. The summed E-state index contributed by atoms with van der Waals surface area (Å²) in [5.74, 6) is -0.937. The van der Waals surface area contributed by atoms with Crippen LogP contribution in [0.25, 0.3) is 0 Å². The first-order chi connectivity index (χ1) is 14.1. The largest absolute Gasteiger partial charge is 0.493 e. The fourth-order valence-electron chi connectivity index (χ4n) is 2.41. The van der Waals surface area contributed by atoms with Gasteiger partial charge in [0.25, 0.3) is 11.6 Å². The fraction of sp³-hybridized carbons (Fsp3) is 0.278. The molecule has 0 unspecified atom stereocenters. The number of halogens is 4. The van der Waals surface area contributed by atoms with E-state index in [0.717, 1.165) is 18.2 Å². The van der Waals surface area contributed by atoms with Crippen LogP contribution in [0.1, 0.15) is 15.9 Å². The molecule has 0 fully saturated rings. The second-order valence-corrected chi connectivity index (χ2v) is 6.62. The van der Waals surface area contributed by atoms with Crippen molar-refractivity contribution in [1.29, 1.82) is 0 Å². The van der Waals surface area contributed by atoms with Crippen LogP contribution >= 0.6 is 15.9 Å². The van der Waals surface area contributed by atoms with Crippen molar-refractivity contribution in [3.63, 3.8) is 0 Å². The van der Waals surface area contributed by atoms with Crippen molar-refractivity contribution in [2.75, 3.05) is 32.8 Å². The zero-order valence-corrected chi connectivity index (χ0v) is 17.3. The minimum absolute atomic E-state index is 0.0146. The van der Waals surface area contributed by atoms with Gasteiger partial charge in [-0.3, -0.25) is 14.9 Å². The Morgan fingerprint density at radius 1 is 1.17 bits per heavy atom. The molecule has 0 saturated carbocycles. The molecule has 8 nitrogen and oxygen atoms in total. The summed E-state index contributed by atoms with van der Waals surface area (Å²) < 4.78 is 54.3. The molecule has 2 rings (SSSR count). The van der Waals surface area contributed by atoms with Crippen molar-refractivity contribution in [1.82, 2.24) is 0 Å². The lowest BCUT2D eigenvalue weighted by molar-refractivity contribution is -0.385. The quantitative estimate of drug-likeness (QED) is 0.326. The van der Waals surface area contributed by atoms with Crippen LogP contribution in [0.5, 0.6) is 11.5 Å². The molecular weight excluding hydrogens is 477 g/mol. The van der Waals surface area contributed by atoms with Gasteiger partial charge in [-0.2, -0.15) is 13.2 Å². The van der Waals surface area contributed by atoms with Crippen LogP contribution < -0.4 is 14.8 Å². The molecule has 1 N–H and O–H groups in total. The first-order valence-electron chi connectivity index (χ1n) is 8.24. The van der Waals surface area contributed by atoms with Crippen molar-refractivity contribution < 1.29 is 37.1 Å². The summed E-state index contributed by atoms with van der Waals surface area (Å²) in [7, 11) is 2.72. The minimum atomic E-state index is -4.66. The summed E-state index contributed by atoms with van der Waals surface area (Å²) in [6.45, 7) is 0.291. The third kappa shape index (κ3) is 5.60. The number of carbonyl (C=O) groups is 1. The van der Waals surface area contributed by atoms with Crippen LogP contribution in [0.15, 0.2) is 34.8 Å². The van der Waals surface area contributed by atoms with E-state index in [1.165, 1.54) is 20.3 Å².